The number of rotatable bonds is 1. The van der Waals surface area contributed by atoms with Crippen molar-refractivity contribution in [3.05, 3.63) is 0 Å². The average Bonchev–Trinajstić information content (AvgIpc) is 2.65. The lowest BCUT2D eigenvalue weighted by atomic mass is 9.91. The molecule has 0 unspecified atom stereocenters. The molecule has 2 heterocycles. The quantitative estimate of drug-likeness (QED) is 0.752. The molecule has 0 aromatic heterocycles. The lowest BCUT2D eigenvalue weighted by Crippen LogP contribution is -2.52. The Morgan fingerprint density at radius 2 is 2.00 bits per heavy atom. The lowest BCUT2D eigenvalue weighted by molar-refractivity contribution is -0.138. The maximum absolute atomic E-state index is 12.1. The van der Waals surface area contributed by atoms with Gasteiger partial charge in [0, 0.05) is 38.9 Å². The smallest absolute Gasteiger partial charge is 0.223 e. The third kappa shape index (κ3) is 3.19. The van der Waals surface area contributed by atoms with Gasteiger partial charge in [0.1, 0.15) is 5.72 Å². The van der Waals surface area contributed by atoms with Gasteiger partial charge in [0.05, 0.1) is 6.61 Å². The van der Waals surface area contributed by atoms with Gasteiger partial charge in [-0.1, -0.05) is 20.8 Å². The number of hydrogen-bond acceptors (Lipinski definition) is 3. The zero-order valence-corrected chi connectivity index (χ0v) is 11.2. The van der Waals surface area contributed by atoms with E-state index in [1.165, 1.54) is 0 Å². The second kappa shape index (κ2) is 4.58. The predicted molar refractivity (Wildman–Crippen MR) is 66.6 cm³/mol. The first-order valence-electron chi connectivity index (χ1n) is 6.57. The Bertz CT molecular complexity index is 280. The van der Waals surface area contributed by atoms with Crippen molar-refractivity contribution in [1.29, 1.82) is 0 Å². The molecule has 2 rings (SSSR count). The zero-order valence-electron chi connectivity index (χ0n) is 11.2. The summed E-state index contributed by atoms with van der Waals surface area (Å²) < 4.78 is 5.76. The number of ether oxygens (including phenoxy) is 1. The maximum atomic E-state index is 12.1. The van der Waals surface area contributed by atoms with E-state index in [1.807, 2.05) is 4.90 Å². The fraction of sp³-hybridized carbons (Fsp3) is 0.923. The Hall–Kier alpha value is -0.610. The van der Waals surface area contributed by atoms with Crippen molar-refractivity contribution in [3.63, 3.8) is 0 Å². The van der Waals surface area contributed by atoms with Gasteiger partial charge in [-0.15, -0.1) is 0 Å². The summed E-state index contributed by atoms with van der Waals surface area (Å²) in [5.74, 6) is 0.283. The minimum Gasteiger partial charge on any atom is -0.359 e. The normalized spacial score (nSPS) is 24.3. The molecule has 0 atom stereocenters. The van der Waals surface area contributed by atoms with Crippen LogP contribution in [0.2, 0.25) is 0 Å². The Morgan fingerprint density at radius 1 is 1.35 bits per heavy atom. The fourth-order valence-corrected chi connectivity index (χ4v) is 2.58. The summed E-state index contributed by atoms with van der Waals surface area (Å²) in [7, 11) is 0. The molecule has 1 spiro atoms. The van der Waals surface area contributed by atoms with Crippen LogP contribution in [0.25, 0.3) is 0 Å². The van der Waals surface area contributed by atoms with Crippen LogP contribution in [0.15, 0.2) is 0 Å². The summed E-state index contributed by atoms with van der Waals surface area (Å²) in [6.07, 6.45) is 2.47. The second-order valence-electron chi connectivity index (χ2n) is 6.39. The molecular formula is C13H24N2O2. The number of likely N-dealkylation sites (tertiary alicyclic amines) is 1. The van der Waals surface area contributed by atoms with Crippen LogP contribution in [0.1, 0.15) is 40.0 Å². The predicted octanol–water partition coefficient (Wildman–Crippen LogP) is 1.36. The third-order valence-electron chi connectivity index (χ3n) is 3.53. The summed E-state index contributed by atoms with van der Waals surface area (Å²) in [6.45, 7) is 9.71. The Balaban J connectivity index is 1.84. The number of nitrogens with zero attached hydrogens (tertiary/aromatic N) is 1. The van der Waals surface area contributed by atoms with Gasteiger partial charge >= 0.3 is 0 Å². The Morgan fingerprint density at radius 3 is 2.47 bits per heavy atom. The van der Waals surface area contributed by atoms with Crippen LogP contribution in [-0.2, 0) is 9.53 Å². The molecule has 2 aliphatic heterocycles. The van der Waals surface area contributed by atoms with Crippen LogP contribution in [0.3, 0.4) is 0 Å². The molecule has 0 aromatic carbocycles. The standard InChI is InChI=1S/C13H24N2O2/c1-12(2,3)10-11(16)15-7-4-13(5-8-15)14-6-9-17-13/h14H,4-10H2,1-3H3. The van der Waals surface area contributed by atoms with Gasteiger partial charge in [-0.2, -0.15) is 0 Å². The molecule has 0 aliphatic carbocycles. The molecule has 17 heavy (non-hydrogen) atoms. The van der Waals surface area contributed by atoms with Gasteiger partial charge in [0.15, 0.2) is 0 Å². The van der Waals surface area contributed by atoms with Crippen LogP contribution < -0.4 is 5.32 Å². The fourth-order valence-electron chi connectivity index (χ4n) is 2.58. The van der Waals surface area contributed by atoms with Gasteiger partial charge in [0.25, 0.3) is 0 Å². The molecule has 1 N–H and O–H groups in total. The first-order valence-corrected chi connectivity index (χ1v) is 6.57. The summed E-state index contributed by atoms with van der Waals surface area (Å²) in [5, 5.41) is 3.42. The Kier molecular flexibility index (Phi) is 3.46. The minimum absolute atomic E-state index is 0.0777. The number of hydrogen-bond donors (Lipinski definition) is 1. The first-order chi connectivity index (χ1) is 7.90. The molecule has 4 nitrogen and oxygen atoms in total. The number of carbonyl (C=O) groups excluding carboxylic acids is 1. The van der Waals surface area contributed by atoms with E-state index in [2.05, 4.69) is 26.1 Å². The van der Waals surface area contributed by atoms with E-state index in [-0.39, 0.29) is 17.0 Å². The van der Waals surface area contributed by atoms with E-state index >= 15 is 0 Å². The van der Waals surface area contributed by atoms with E-state index in [1.54, 1.807) is 0 Å². The zero-order chi connectivity index (χ0) is 12.5. The number of amides is 1. The molecule has 0 radical (unpaired) electrons. The van der Waals surface area contributed by atoms with Crippen molar-refractivity contribution in [1.82, 2.24) is 10.2 Å². The van der Waals surface area contributed by atoms with Crippen molar-refractivity contribution in [2.24, 2.45) is 5.41 Å². The Labute approximate surface area is 104 Å². The highest BCUT2D eigenvalue weighted by molar-refractivity contribution is 5.76. The van der Waals surface area contributed by atoms with Crippen molar-refractivity contribution < 1.29 is 9.53 Å². The van der Waals surface area contributed by atoms with Gasteiger partial charge in [-0.25, -0.2) is 0 Å². The topological polar surface area (TPSA) is 41.6 Å². The molecule has 2 saturated heterocycles. The summed E-state index contributed by atoms with van der Waals surface area (Å²) >= 11 is 0. The molecule has 2 aliphatic rings. The molecule has 0 saturated carbocycles. The highest BCUT2D eigenvalue weighted by atomic mass is 16.5. The van der Waals surface area contributed by atoms with Crippen molar-refractivity contribution in [3.8, 4) is 0 Å². The van der Waals surface area contributed by atoms with E-state index in [4.69, 9.17) is 4.74 Å². The SMILES string of the molecule is CC(C)(C)CC(=O)N1CCC2(CC1)NCCO2. The molecule has 2 fully saturated rings. The van der Waals surface area contributed by atoms with Crippen LogP contribution in [-0.4, -0.2) is 42.8 Å². The highest BCUT2D eigenvalue weighted by Crippen LogP contribution is 2.28. The van der Waals surface area contributed by atoms with Crippen LogP contribution in [0.4, 0.5) is 0 Å². The van der Waals surface area contributed by atoms with E-state index in [0.29, 0.717) is 6.42 Å². The molecule has 1 amide bonds. The van der Waals surface area contributed by atoms with Crippen LogP contribution in [0.5, 0.6) is 0 Å². The first kappa shape index (κ1) is 12.8. The third-order valence-corrected chi connectivity index (χ3v) is 3.53. The molecule has 0 bridgehead atoms. The van der Waals surface area contributed by atoms with Crippen LogP contribution in [0, 0.1) is 5.41 Å². The molecule has 98 valence electrons. The van der Waals surface area contributed by atoms with Gasteiger partial charge in [-0.05, 0) is 5.41 Å². The van der Waals surface area contributed by atoms with Crippen molar-refractivity contribution in [2.45, 2.75) is 45.8 Å². The minimum atomic E-state index is -0.126. The summed E-state index contributed by atoms with van der Waals surface area (Å²) in [4.78, 5) is 14.1. The van der Waals surface area contributed by atoms with Gasteiger partial charge in [-0.3, -0.25) is 10.1 Å². The lowest BCUT2D eigenvalue weighted by Gasteiger charge is -2.39. The van der Waals surface area contributed by atoms with E-state index in [9.17, 15) is 4.79 Å². The molecule has 0 aromatic rings. The van der Waals surface area contributed by atoms with Crippen molar-refractivity contribution in [2.75, 3.05) is 26.2 Å². The molecular weight excluding hydrogens is 216 g/mol. The van der Waals surface area contributed by atoms with Crippen LogP contribution >= 0.6 is 0 Å². The monoisotopic (exact) mass is 240 g/mol. The number of piperidine rings is 1. The molecule has 4 heteroatoms. The van der Waals surface area contributed by atoms with E-state index in [0.717, 1.165) is 39.1 Å². The summed E-state index contributed by atoms with van der Waals surface area (Å²) in [5.41, 5.74) is -0.0488. The van der Waals surface area contributed by atoms with Gasteiger partial charge < -0.3 is 9.64 Å². The number of nitrogens with one attached hydrogen (secondary N) is 1. The van der Waals surface area contributed by atoms with Gasteiger partial charge in [0.2, 0.25) is 5.91 Å². The highest BCUT2D eigenvalue weighted by Gasteiger charge is 2.39. The average molecular weight is 240 g/mol. The second-order valence-corrected chi connectivity index (χ2v) is 6.39. The summed E-state index contributed by atoms with van der Waals surface area (Å²) in [6, 6.07) is 0. The van der Waals surface area contributed by atoms with E-state index < -0.39 is 0 Å². The van der Waals surface area contributed by atoms with Crippen molar-refractivity contribution >= 4 is 5.91 Å². The number of carbonyl (C=O) groups is 1. The largest absolute Gasteiger partial charge is 0.359 e. The maximum Gasteiger partial charge on any atom is 0.223 e.